The van der Waals surface area contributed by atoms with Crippen molar-refractivity contribution in [2.24, 2.45) is 11.8 Å². The molecule has 1 fully saturated rings. The van der Waals surface area contributed by atoms with Gasteiger partial charge in [-0.25, -0.2) is 4.57 Å². The molecule has 1 aliphatic rings. The number of ether oxygens (including phenoxy) is 2. The molecule has 0 aliphatic heterocycles. The van der Waals surface area contributed by atoms with Gasteiger partial charge in [-0.05, 0) is 63.7 Å². The van der Waals surface area contributed by atoms with Gasteiger partial charge in [0, 0.05) is 25.2 Å². The fourth-order valence-electron chi connectivity index (χ4n) is 7.24. The third kappa shape index (κ3) is 30.8. The van der Waals surface area contributed by atoms with Gasteiger partial charge < -0.3 is 34.6 Å². The molecule has 332 valence electrons. The standard InChI is InChI=1S/C45H81O11P/c1-3-5-7-8-9-10-11-12-13-14-15-16-17-18-19-20-21-22-27-31-44(49)54-36-39(37-55-57(51,52)53)56-45(50)32-28-24-23-26-30-40-41(43(48)35-42(40)47)34-33-38(46)29-25-6-4-2/h12-13,23,26,33-34,38-43,46-48H,3-11,14-22,24-25,27-32,35-37H2,1-2H3,(H2,51,52,53)/b13-12-,26-23+,34-33+/t38-,39+,40+,41+,42-,43+/m0/s1. The Morgan fingerprint density at radius 1 is 0.667 bits per heavy atom. The summed E-state index contributed by atoms with van der Waals surface area (Å²) in [6, 6.07) is 0. The summed E-state index contributed by atoms with van der Waals surface area (Å²) in [5.74, 6) is -1.50. The molecule has 0 spiro atoms. The van der Waals surface area contributed by atoms with Crippen LogP contribution < -0.4 is 0 Å². The molecule has 5 N–H and O–H groups in total. The molecule has 57 heavy (non-hydrogen) atoms. The summed E-state index contributed by atoms with van der Waals surface area (Å²) in [5, 5.41) is 31.2. The van der Waals surface area contributed by atoms with Crippen molar-refractivity contribution >= 4 is 19.8 Å². The smallest absolute Gasteiger partial charge is 0.462 e. The molecule has 0 amide bonds. The molecular formula is C45H81O11P. The molecule has 12 heteroatoms. The van der Waals surface area contributed by atoms with E-state index < -0.39 is 50.8 Å². The number of phosphoric ester groups is 1. The van der Waals surface area contributed by atoms with Crippen LogP contribution in [0.3, 0.4) is 0 Å². The Morgan fingerprint density at radius 3 is 1.81 bits per heavy atom. The number of aliphatic hydroxyl groups excluding tert-OH is 3. The molecule has 0 heterocycles. The van der Waals surface area contributed by atoms with E-state index in [1.807, 2.05) is 18.2 Å². The molecule has 1 rings (SSSR count). The minimum atomic E-state index is -4.83. The second-order valence-corrected chi connectivity index (χ2v) is 17.2. The highest BCUT2D eigenvalue weighted by molar-refractivity contribution is 7.46. The van der Waals surface area contributed by atoms with E-state index in [9.17, 15) is 29.5 Å². The first kappa shape index (κ1) is 53.2. The van der Waals surface area contributed by atoms with Crippen molar-refractivity contribution in [3.8, 4) is 0 Å². The lowest BCUT2D eigenvalue weighted by molar-refractivity contribution is -0.161. The number of aliphatic hydroxyl groups is 3. The quantitative estimate of drug-likeness (QED) is 0.0174. The van der Waals surface area contributed by atoms with Crippen LogP contribution in [0.5, 0.6) is 0 Å². The van der Waals surface area contributed by atoms with Crippen LogP contribution in [-0.2, 0) is 28.2 Å². The highest BCUT2D eigenvalue weighted by Crippen LogP contribution is 2.37. The number of carbonyl (C=O) groups is 2. The maximum atomic E-state index is 12.5. The molecule has 11 nitrogen and oxygen atoms in total. The van der Waals surface area contributed by atoms with E-state index in [0.29, 0.717) is 32.1 Å². The molecule has 0 bridgehead atoms. The molecule has 1 saturated carbocycles. The number of hydrogen-bond acceptors (Lipinski definition) is 9. The monoisotopic (exact) mass is 829 g/mol. The number of allylic oxidation sites excluding steroid dienone is 4. The summed E-state index contributed by atoms with van der Waals surface area (Å²) < 4.78 is 26.4. The lowest BCUT2D eigenvalue weighted by atomic mass is 9.89. The molecular weight excluding hydrogens is 747 g/mol. The highest BCUT2D eigenvalue weighted by atomic mass is 31.2. The molecule has 6 atom stereocenters. The zero-order valence-electron chi connectivity index (χ0n) is 35.6. The van der Waals surface area contributed by atoms with Gasteiger partial charge in [0.25, 0.3) is 0 Å². The third-order valence-electron chi connectivity index (χ3n) is 10.7. The van der Waals surface area contributed by atoms with Gasteiger partial charge in [-0.15, -0.1) is 0 Å². The molecule has 0 radical (unpaired) electrons. The van der Waals surface area contributed by atoms with Gasteiger partial charge in [-0.3, -0.25) is 14.1 Å². The number of carbonyl (C=O) groups excluding carboxylic acids is 2. The minimum Gasteiger partial charge on any atom is -0.462 e. The summed E-state index contributed by atoms with van der Waals surface area (Å²) in [5.41, 5.74) is 0. The fraction of sp³-hybridized carbons (Fsp3) is 0.822. The number of phosphoric acid groups is 1. The van der Waals surface area contributed by atoms with Crippen molar-refractivity contribution < 1.29 is 53.3 Å². The molecule has 1 aliphatic carbocycles. The predicted octanol–water partition coefficient (Wildman–Crippen LogP) is 10.1. The first-order valence-electron chi connectivity index (χ1n) is 22.5. The van der Waals surface area contributed by atoms with Gasteiger partial charge in [0.15, 0.2) is 6.10 Å². The van der Waals surface area contributed by atoms with Crippen LogP contribution in [0.4, 0.5) is 0 Å². The van der Waals surface area contributed by atoms with E-state index in [1.54, 1.807) is 6.08 Å². The fourth-order valence-corrected chi connectivity index (χ4v) is 7.61. The van der Waals surface area contributed by atoms with E-state index in [1.165, 1.54) is 83.5 Å². The number of hydrogen-bond donors (Lipinski definition) is 5. The van der Waals surface area contributed by atoms with Crippen molar-refractivity contribution in [2.75, 3.05) is 13.2 Å². The van der Waals surface area contributed by atoms with Crippen molar-refractivity contribution in [3.05, 3.63) is 36.5 Å². The van der Waals surface area contributed by atoms with E-state index in [0.717, 1.165) is 38.5 Å². The molecule has 0 saturated heterocycles. The third-order valence-corrected chi connectivity index (χ3v) is 11.2. The zero-order chi connectivity index (χ0) is 42.0. The average molecular weight is 829 g/mol. The lowest BCUT2D eigenvalue weighted by Crippen LogP contribution is -2.29. The largest absolute Gasteiger partial charge is 0.469 e. The van der Waals surface area contributed by atoms with Gasteiger partial charge in [0.05, 0.1) is 24.9 Å². The first-order chi connectivity index (χ1) is 27.5. The Bertz CT molecular complexity index is 1140. The van der Waals surface area contributed by atoms with Crippen molar-refractivity contribution in [3.63, 3.8) is 0 Å². The van der Waals surface area contributed by atoms with Crippen LogP contribution in [0.25, 0.3) is 0 Å². The topological polar surface area (TPSA) is 180 Å². The molecule has 0 aromatic carbocycles. The van der Waals surface area contributed by atoms with E-state index in [4.69, 9.17) is 19.3 Å². The van der Waals surface area contributed by atoms with Gasteiger partial charge in [0.2, 0.25) is 0 Å². The second kappa shape index (κ2) is 35.0. The summed E-state index contributed by atoms with van der Waals surface area (Å²) in [6.45, 7) is 3.39. The average Bonchev–Trinajstić information content (AvgIpc) is 3.44. The number of rotatable bonds is 37. The first-order valence-corrected chi connectivity index (χ1v) is 24.1. The van der Waals surface area contributed by atoms with E-state index in [2.05, 4.69) is 30.5 Å². The van der Waals surface area contributed by atoms with Crippen LogP contribution in [0.2, 0.25) is 0 Å². The molecule has 0 aromatic heterocycles. The maximum Gasteiger partial charge on any atom is 0.469 e. The second-order valence-electron chi connectivity index (χ2n) is 16.0. The van der Waals surface area contributed by atoms with E-state index in [-0.39, 0.29) is 37.7 Å². The summed E-state index contributed by atoms with van der Waals surface area (Å²) in [7, 11) is -4.83. The molecule has 0 aromatic rings. The summed E-state index contributed by atoms with van der Waals surface area (Å²) in [6.07, 6.45) is 35.3. The summed E-state index contributed by atoms with van der Waals surface area (Å²) >= 11 is 0. The zero-order valence-corrected chi connectivity index (χ0v) is 36.5. The Balaban J connectivity index is 2.24. The predicted molar refractivity (Wildman–Crippen MR) is 227 cm³/mol. The van der Waals surface area contributed by atoms with Crippen LogP contribution in [0.1, 0.15) is 187 Å². The van der Waals surface area contributed by atoms with Crippen molar-refractivity contribution in [2.45, 2.75) is 212 Å². The SMILES string of the molecule is CCCCCCCC/C=C\CCCCCCCCCCCC(=O)OC[C@H](COP(=O)(O)O)OC(=O)CCC/C=C/C[C@@H]1[C@@H](/C=C/[C@@H](O)CCCCC)[C@H](O)C[C@@H]1O. The van der Waals surface area contributed by atoms with Crippen LogP contribution in [0.15, 0.2) is 36.5 Å². The van der Waals surface area contributed by atoms with Gasteiger partial charge in [-0.1, -0.05) is 147 Å². The highest BCUT2D eigenvalue weighted by Gasteiger charge is 2.39. The summed E-state index contributed by atoms with van der Waals surface area (Å²) in [4.78, 5) is 43.1. The Labute approximate surface area is 345 Å². The van der Waals surface area contributed by atoms with Gasteiger partial charge in [-0.2, -0.15) is 0 Å². The Hall–Kier alpha value is -1.85. The van der Waals surface area contributed by atoms with Crippen LogP contribution in [0, 0.1) is 11.8 Å². The van der Waals surface area contributed by atoms with E-state index >= 15 is 0 Å². The number of esters is 2. The van der Waals surface area contributed by atoms with Crippen molar-refractivity contribution in [1.82, 2.24) is 0 Å². The minimum absolute atomic E-state index is 0.0352. The Kier molecular flexibility index (Phi) is 32.6. The van der Waals surface area contributed by atoms with Gasteiger partial charge in [0.1, 0.15) is 6.61 Å². The van der Waals surface area contributed by atoms with Gasteiger partial charge >= 0.3 is 19.8 Å². The van der Waals surface area contributed by atoms with Crippen molar-refractivity contribution in [1.29, 1.82) is 0 Å². The van der Waals surface area contributed by atoms with Crippen LogP contribution in [-0.4, -0.2) is 74.7 Å². The normalized spacial score (nSPS) is 19.9. The lowest BCUT2D eigenvalue weighted by Gasteiger charge is -2.19. The number of unbranched alkanes of at least 4 members (excludes halogenated alkanes) is 18. The maximum absolute atomic E-state index is 12.5. The molecule has 0 unspecified atom stereocenters. The van der Waals surface area contributed by atoms with Crippen LogP contribution >= 0.6 is 7.82 Å². The Morgan fingerprint density at radius 2 is 1.19 bits per heavy atom.